The molecule has 0 saturated carbocycles. The first-order valence-corrected chi connectivity index (χ1v) is 17.7. The minimum Gasteiger partial charge on any atom is -0.506 e. The summed E-state index contributed by atoms with van der Waals surface area (Å²) >= 11 is 5.99. The van der Waals surface area contributed by atoms with Crippen molar-refractivity contribution in [1.82, 2.24) is 24.5 Å². The second-order valence-corrected chi connectivity index (χ2v) is 14.1. The summed E-state index contributed by atoms with van der Waals surface area (Å²) in [7, 11) is 2.09. The van der Waals surface area contributed by atoms with Crippen molar-refractivity contribution in [3.63, 3.8) is 0 Å². The molecule has 4 heterocycles. The van der Waals surface area contributed by atoms with Crippen molar-refractivity contribution in [2.24, 2.45) is 0 Å². The zero-order valence-electron chi connectivity index (χ0n) is 28.1. The number of amides is 4. The van der Waals surface area contributed by atoms with E-state index in [2.05, 4.69) is 22.2 Å². The van der Waals surface area contributed by atoms with E-state index in [1.807, 2.05) is 24.3 Å². The van der Waals surface area contributed by atoms with Crippen molar-refractivity contribution in [3.8, 4) is 5.75 Å². The number of phenols is 1. The molecule has 0 aliphatic carbocycles. The third-order valence-corrected chi connectivity index (χ3v) is 10.8. The lowest BCUT2D eigenvalue weighted by atomic mass is 9.99. The van der Waals surface area contributed by atoms with Crippen LogP contribution in [0.1, 0.15) is 42.4 Å². The average molecular weight is 721 g/mol. The molecule has 50 heavy (non-hydrogen) atoms. The Morgan fingerprint density at radius 3 is 2.26 bits per heavy atom. The third-order valence-electron chi connectivity index (χ3n) is 10.5. The molecular formula is C35H44ClF3N6O5. The maximum absolute atomic E-state index is 14.0. The van der Waals surface area contributed by atoms with Gasteiger partial charge >= 0.3 is 18.3 Å². The Kier molecular flexibility index (Phi) is 11.0. The van der Waals surface area contributed by atoms with E-state index < -0.39 is 40.6 Å². The Morgan fingerprint density at radius 1 is 0.940 bits per heavy atom. The largest absolute Gasteiger partial charge is 0.506 e. The van der Waals surface area contributed by atoms with E-state index in [1.54, 1.807) is 9.80 Å². The summed E-state index contributed by atoms with van der Waals surface area (Å²) in [5.41, 5.74) is 0.525. The van der Waals surface area contributed by atoms with E-state index in [0.717, 1.165) is 62.4 Å². The van der Waals surface area contributed by atoms with Crippen molar-refractivity contribution in [3.05, 3.63) is 58.1 Å². The molecule has 4 amide bonds. The number of para-hydroxylation sites is 1. The van der Waals surface area contributed by atoms with Crippen molar-refractivity contribution in [1.29, 1.82) is 0 Å². The van der Waals surface area contributed by atoms with Crippen LogP contribution in [-0.2, 0) is 28.5 Å². The van der Waals surface area contributed by atoms with Crippen LogP contribution in [0.3, 0.4) is 0 Å². The minimum atomic E-state index is -4.89. The number of benzene rings is 2. The highest BCUT2D eigenvalue weighted by Gasteiger charge is 2.39. The van der Waals surface area contributed by atoms with Crippen LogP contribution in [0.4, 0.5) is 28.4 Å². The van der Waals surface area contributed by atoms with Crippen molar-refractivity contribution in [2.75, 3.05) is 71.3 Å². The number of piperazine rings is 1. The first kappa shape index (κ1) is 36.1. The van der Waals surface area contributed by atoms with E-state index in [9.17, 15) is 32.7 Å². The minimum absolute atomic E-state index is 0.00507. The lowest BCUT2D eigenvalue weighted by molar-refractivity contribution is -0.142. The van der Waals surface area contributed by atoms with E-state index in [-0.39, 0.29) is 37.1 Å². The number of fused-ring (bicyclic) bond motifs is 1. The summed E-state index contributed by atoms with van der Waals surface area (Å²) in [6.45, 7) is 5.81. The van der Waals surface area contributed by atoms with Crippen LogP contribution in [0.5, 0.6) is 5.75 Å². The number of halogens is 4. The first-order valence-electron chi connectivity index (χ1n) is 17.3. The number of hydrogen-bond donors (Lipinski definition) is 2. The molecule has 1 atom stereocenters. The van der Waals surface area contributed by atoms with Gasteiger partial charge in [-0.1, -0.05) is 29.8 Å². The van der Waals surface area contributed by atoms with Gasteiger partial charge < -0.3 is 34.8 Å². The molecule has 4 aliphatic heterocycles. The third kappa shape index (κ3) is 8.24. The van der Waals surface area contributed by atoms with E-state index in [4.69, 9.17) is 16.3 Å². The summed E-state index contributed by atoms with van der Waals surface area (Å²) in [5.74, 6) is -1.58. The Labute approximate surface area is 294 Å². The molecule has 6 rings (SSSR count). The summed E-state index contributed by atoms with van der Waals surface area (Å²) in [4.78, 5) is 50.2. The lowest BCUT2D eigenvalue weighted by Gasteiger charge is -2.42. The molecule has 2 N–H and O–H groups in total. The molecule has 4 aliphatic rings. The quantitative estimate of drug-likeness (QED) is 0.437. The first-order chi connectivity index (χ1) is 23.9. The van der Waals surface area contributed by atoms with E-state index in [1.165, 1.54) is 4.90 Å². The molecule has 15 heteroatoms. The van der Waals surface area contributed by atoms with Gasteiger partial charge in [0.2, 0.25) is 0 Å². The molecule has 2 aromatic rings. The fourth-order valence-electron chi connectivity index (χ4n) is 7.52. The summed E-state index contributed by atoms with van der Waals surface area (Å²) in [6.07, 6.45) is -4.21. The molecule has 0 spiro atoms. The van der Waals surface area contributed by atoms with Gasteiger partial charge in [0.05, 0.1) is 10.6 Å². The van der Waals surface area contributed by atoms with Gasteiger partial charge in [0.1, 0.15) is 5.75 Å². The topological polar surface area (TPSA) is 109 Å². The van der Waals surface area contributed by atoms with Crippen molar-refractivity contribution in [2.45, 2.75) is 62.9 Å². The van der Waals surface area contributed by atoms with Crippen LogP contribution in [0.25, 0.3) is 0 Å². The molecule has 0 radical (unpaired) electrons. The number of anilines is 1. The zero-order chi connectivity index (χ0) is 35.6. The predicted molar refractivity (Wildman–Crippen MR) is 181 cm³/mol. The number of likely N-dealkylation sites (tertiary alicyclic amines) is 2. The number of nitrogens with one attached hydrogen (secondary N) is 1. The van der Waals surface area contributed by atoms with Gasteiger partial charge in [-0.25, -0.2) is 9.59 Å². The highest BCUT2D eigenvalue weighted by atomic mass is 35.5. The van der Waals surface area contributed by atoms with Gasteiger partial charge in [-0.2, -0.15) is 13.2 Å². The Bertz CT molecular complexity index is 1560. The second-order valence-electron chi connectivity index (χ2n) is 13.7. The lowest BCUT2D eigenvalue weighted by Crippen LogP contribution is -2.54. The number of rotatable bonds is 6. The summed E-state index contributed by atoms with van der Waals surface area (Å²) in [5, 5.41) is 12.5. The number of urea groups is 1. The standard InChI is InChI=1S/C35H44ClF3N6O5/c1-41-16-18-42(19-17-41)25-7-11-43(12-8-25)32(47)30(22-23-20-27(35(37,38)39)31(46)28(36)21-23)50-34(49)44-13-9-26(10-14-44)45-15-6-24-4-2-3-5-29(24)40-33(45)48/h2-5,20-21,25-26,30,46H,6-19,22H2,1H3,(H,40,48). The average Bonchev–Trinajstić information content (AvgIpc) is 3.27. The predicted octanol–water partition coefficient (Wildman–Crippen LogP) is 4.91. The SMILES string of the molecule is CN1CCN(C2CCN(C(=O)C(Cc3cc(Cl)c(O)c(C(F)(F)F)c3)OC(=O)N3CCC(N4CCc5ccccc5NC4=O)CC3)CC2)CC1. The Morgan fingerprint density at radius 2 is 1.58 bits per heavy atom. The maximum atomic E-state index is 14.0. The number of ether oxygens (including phenoxy) is 1. The second kappa shape index (κ2) is 15.2. The molecule has 0 bridgehead atoms. The maximum Gasteiger partial charge on any atom is 0.420 e. The van der Waals surface area contributed by atoms with Gasteiger partial charge in [-0.15, -0.1) is 0 Å². The number of likely N-dealkylation sites (N-methyl/N-ethyl adjacent to an activating group) is 1. The van der Waals surface area contributed by atoms with Crippen molar-refractivity contribution >= 4 is 35.3 Å². The van der Waals surface area contributed by atoms with Gasteiger partial charge in [0, 0.05) is 83.1 Å². The van der Waals surface area contributed by atoms with E-state index in [0.29, 0.717) is 44.9 Å². The van der Waals surface area contributed by atoms with Gasteiger partial charge in [0.15, 0.2) is 6.10 Å². The fourth-order valence-corrected chi connectivity index (χ4v) is 7.76. The molecule has 2 aromatic carbocycles. The number of carbonyl (C=O) groups excluding carboxylic acids is 3. The number of alkyl halides is 3. The molecular weight excluding hydrogens is 677 g/mol. The number of nitrogens with zero attached hydrogens (tertiary/aromatic N) is 5. The normalized spacial score (nSPS) is 21.0. The van der Waals surface area contributed by atoms with Gasteiger partial charge in [0.25, 0.3) is 5.91 Å². The number of carbonyl (C=O) groups is 3. The van der Waals surface area contributed by atoms with Crippen LogP contribution >= 0.6 is 11.6 Å². The van der Waals surface area contributed by atoms with Crippen LogP contribution in [-0.4, -0.2) is 132 Å². The van der Waals surface area contributed by atoms with Crippen LogP contribution in [0.2, 0.25) is 5.02 Å². The highest BCUT2D eigenvalue weighted by Crippen LogP contribution is 2.40. The fraction of sp³-hybridized carbons (Fsp3) is 0.571. The molecule has 3 saturated heterocycles. The Hall–Kier alpha value is -3.75. The van der Waals surface area contributed by atoms with Crippen molar-refractivity contribution < 1.29 is 37.4 Å². The van der Waals surface area contributed by atoms with Gasteiger partial charge in [-0.05, 0) is 68.5 Å². The number of hydrogen-bond acceptors (Lipinski definition) is 7. The smallest absolute Gasteiger partial charge is 0.420 e. The molecule has 11 nitrogen and oxygen atoms in total. The van der Waals surface area contributed by atoms with Gasteiger partial charge in [-0.3, -0.25) is 9.69 Å². The highest BCUT2D eigenvalue weighted by molar-refractivity contribution is 6.32. The van der Waals surface area contributed by atoms with E-state index >= 15 is 0 Å². The van der Waals surface area contributed by atoms with Crippen LogP contribution in [0.15, 0.2) is 36.4 Å². The monoisotopic (exact) mass is 720 g/mol. The molecule has 272 valence electrons. The molecule has 1 unspecified atom stereocenters. The molecule has 0 aromatic heterocycles. The molecule has 3 fully saturated rings. The zero-order valence-corrected chi connectivity index (χ0v) is 28.9. The summed E-state index contributed by atoms with van der Waals surface area (Å²) < 4.78 is 47.0. The number of aromatic hydroxyl groups is 1. The Balaban J connectivity index is 1.12. The van der Waals surface area contributed by atoms with Crippen LogP contribution in [0, 0.1) is 0 Å². The van der Waals surface area contributed by atoms with Crippen LogP contribution < -0.4 is 5.32 Å². The number of piperidine rings is 2. The summed E-state index contributed by atoms with van der Waals surface area (Å²) in [6, 6.07) is 9.60. The number of phenolic OH excluding ortho intramolecular Hbond substituents is 1.